The second kappa shape index (κ2) is 5.29. The monoisotopic (exact) mass is 270 g/mol. The molecule has 2 aromatic rings. The number of fused-ring (bicyclic) bond motifs is 1. The first-order valence-electron chi connectivity index (χ1n) is 7.26. The normalized spacial score (nSPS) is 15.6. The molecule has 0 spiro atoms. The zero-order valence-corrected chi connectivity index (χ0v) is 12.2. The highest BCUT2D eigenvalue weighted by atomic mass is 15.3. The zero-order chi connectivity index (χ0) is 14.1. The predicted octanol–water partition coefficient (Wildman–Crippen LogP) is 2.60. The zero-order valence-electron chi connectivity index (χ0n) is 12.2. The molecule has 106 valence electrons. The fraction of sp³-hybridized carbons (Fsp3) is 0.438. The van der Waals surface area contributed by atoms with Crippen molar-refractivity contribution in [3.05, 3.63) is 47.2 Å². The first-order valence-corrected chi connectivity index (χ1v) is 7.26. The highest BCUT2D eigenvalue weighted by molar-refractivity contribution is 5.39. The molecule has 0 unspecified atom stereocenters. The van der Waals surface area contributed by atoms with Gasteiger partial charge in [0, 0.05) is 31.2 Å². The molecule has 1 aliphatic rings. The van der Waals surface area contributed by atoms with Crippen LogP contribution in [-0.2, 0) is 19.5 Å². The van der Waals surface area contributed by atoms with Crippen molar-refractivity contribution < 1.29 is 0 Å². The fourth-order valence-corrected chi connectivity index (χ4v) is 2.87. The van der Waals surface area contributed by atoms with Crippen LogP contribution in [0.1, 0.15) is 36.6 Å². The van der Waals surface area contributed by atoms with Crippen molar-refractivity contribution in [1.82, 2.24) is 14.7 Å². The number of rotatable bonds is 3. The minimum atomic E-state index is 0.311. The third-order valence-electron chi connectivity index (χ3n) is 4.01. The summed E-state index contributed by atoms with van der Waals surface area (Å²) in [6, 6.07) is 9.01. The lowest BCUT2D eigenvalue weighted by atomic mass is 10.00. The summed E-state index contributed by atoms with van der Waals surface area (Å²) in [5, 5.41) is 4.39. The van der Waals surface area contributed by atoms with Gasteiger partial charge in [-0.15, -0.1) is 0 Å². The van der Waals surface area contributed by atoms with E-state index in [1.165, 1.54) is 11.1 Å². The Morgan fingerprint density at radius 1 is 1.25 bits per heavy atom. The minimum absolute atomic E-state index is 0.311. The Balaban J connectivity index is 1.74. The number of anilines is 1. The van der Waals surface area contributed by atoms with Crippen molar-refractivity contribution in [2.24, 2.45) is 0 Å². The summed E-state index contributed by atoms with van der Waals surface area (Å²) in [7, 11) is 0. The number of aromatic nitrogens is 2. The van der Waals surface area contributed by atoms with E-state index < -0.39 is 0 Å². The molecule has 20 heavy (non-hydrogen) atoms. The highest BCUT2D eigenvalue weighted by Gasteiger charge is 2.18. The number of benzene rings is 1. The van der Waals surface area contributed by atoms with Crippen LogP contribution in [-0.4, -0.2) is 21.2 Å². The molecule has 0 atom stereocenters. The van der Waals surface area contributed by atoms with E-state index >= 15 is 0 Å². The second-order valence-electron chi connectivity index (χ2n) is 5.82. The summed E-state index contributed by atoms with van der Waals surface area (Å²) in [5.41, 5.74) is 10.2. The van der Waals surface area contributed by atoms with Crippen LogP contribution in [0.3, 0.4) is 0 Å². The molecule has 0 saturated carbocycles. The Morgan fingerprint density at radius 3 is 2.70 bits per heavy atom. The van der Waals surface area contributed by atoms with Crippen LogP contribution in [0.25, 0.3) is 0 Å². The Hall–Kier alpha value is -1.81. The quantitative estimate of drug-likeness (QED) is 0.932. The summed E-state index contributed by atoms with van der Waals surface area (Å²) >= 11 is 0. The molecule has 0 amide bonds. The van der Waals surface area contributed by atoms with Gasteiger partial charge in [0.25, 0.3) is 0 Å². The Kier molecular flexibility index (Phi) is 3.49. The maximum Gasteiger partial charge on any atom is 0.126 e. The molecule has 0 bridgehead atoms. The highest BCUT2D eigenvalue weighted by Crippen LogP contribution is 2.23. The molecule has 1 aromatic carbocycles. The third-order valence-corrected chi connectivity index (χ3v) is 4.01. The van der Waals surface area contributed by atoms with Gasteiger partial charge in [0.2, 0.25) is 0 Å². The Labute approximate surface area is 120 Å². The standard InChI is InChI=1S/C16H22N4/c1-12(2)20-16(17)15(9-18-20)11-19-8-7-13-5-3-4-6-14(13)10-19/h3-6,9,12H,7-8,10-11,17H2,1-2H3. The van der Waals surface area contributed by atoms with E-state index in [4.69, 9.17) is 5.73 Å². The van der Waals surface area contributed by atoms with E-state index in [1.807, 2.05) is 10.9 Å². The molecular formula is C16H22N4. The van der Waals surface area contributed by atoms with Crippen molar-refractivity contribution in [3.63, 3.8) is 0 Å². The maximum absolute atomic E-state index is 6.19. The van der Waals surface area contributed by atoms with Crippen molar-refractivity contribution in [1.29, 1.82) is 0 Å². The van der Waals surface area contributed by atoms with Gasteiger partial charge in [-0.25, -0.2) is 4.68 Å². The molecular weight excluding hydrogens is 248 g/mol. The van der Waals surface area contributed by atoms with Crippen molar-refractivity contribution >= 4 is 5.82 Å². The smallest absolute Gasteiger partial charge is 0.126 e. The van der Waals surface area contributed by atoms with Gasteiger partial charge < -0.3 is 5.73 Å². The largest absolute Gasteiger partial charge is 0.384 e. The Bertz CT molecular complexity index is 600. The molecule has 0 radical (unpaired) electrons. The SMILES string of the molecule is CC(C)n1ncc(CN2CCc3ccccc3C2)c1N. The van der Waals surface area contributed by atoms with Crippen LogP contribution < -0.4 is 5.73 Å². The van der Waals surface area contributed by atoms with Gasteiger partial charge in [-0.3, -0.25) is 4.90 Å². The molecule has 4 heteroatoms. The van der Waals surface area contributed by atoms with Gasteiger partial charge in [-0.1, -0.05) is 24.3 Å². The van der Waals surface area contributed by atoms with Gasteiger partial charge in [-0.05, 0) is 31.4 Å². The maximum atomic E-state index is 6.19. The van der Waals surface area contributed by atoms with Crippen LogP contribution in [0.5, 0.6) is 0 Å². The molecule has 1 aliphatic heterocycles. The van der Waals surface area contributed by atoms with E-state index in [-0.39, 0.29) is 0 Å². The first kappa shape index (κ1) is 13.2. The predicted molar refractivity (Wildman–Crippen MR) is 81.3 cm³/mol. The van der Waals surface area contributed by atoms with E-state index in [9.17, 15) is 0 Å². The number of nitrogens with two attached hydrogens (primary N) is 1. The van der Waals surface area contributed by atoms with Gasteiger partial charge in [0.15, 0.2) is 0 Å². The molecule has 0 fully saturated rings. The number of nitrogens with zero attached hydrogens (tertiary/aromatic N) is 3. The third kappa shape index (κ3) is 2.43. The minimum Gasteiger partial charge on any atom is -0.384 e. The average Bonchev–Trinajstić information content (AvgIpc) is 2.80. The molecule has 3 rings (SSSR count). The lowest BCUT2D eigenvalue weighted by molar-refractivity contribution is 0.246. The molecule has 2 heterocycles. The number of hydrogen-bond donors (Lipinski definition) is 1. The molecule has 0 saturated heterocycles. The van der Waals surface area contributed by atoms with E-state index in [2.05, 4.69) is 48.1 Å². The Morgan fingerprint density at radius 2 is 2.00 bits per heavy atom. The van der Waals surface area contributed by atoms with Gasteiger partial charge in [0.05, 0.1) is 6.20 Å². The van der Waals surface area contributed by atoms with Crippen molar-refractivity contribution in [2.45, 2.75) is 39.4 Å². The molecule has 2 N–H and O–H groups in total. The van der Waals surface area contributed by atoms with Crippen LogP contribution in [0.15, 0.2) is 30.5 Å². The summed E-state index contributed by atoms with van der Waals surface area (Å²) in [5.74, 6) is 0.804. The molecule has 4 nitrogen and oxygen atoms in total. The van der Waals surface area contributed by atoms with Crippen LogP contribution in [0, 0.1) is 0 Å². The fourth-order valence-electron chi connectivity index (χ4n) is 2.87. The molecule has 1 aromatic heterocycles. The molecule has 0 aliphatic carbocycles. The summed E-state index contributed by atoms with van der Waals surface area (Å²) < 4.78 is 1.90. The van der Waals surface area contributed by atoms with E-state index in [1.54, 1.807) is 0 Å². The number of hydrogen-bond acceptors (Lipinski definition) is 3. The summed E-state index contributed by atoms with van der Waals surface area (Å²) in [6.45, 7) is 7.17. The topological polar surface area (TPSA) is 47.1 Å². The van der Waals surface area contributed by atoms with E-state index in [0.717, 1.165) is 37.4 Å². The summed E-state index contributed by atoms with van der Waals surface area (Å²) in [4.78, 5) is 2.44. The van der Waals surface area contributed by atoms with Crippen LogP contribution >= 0.6 is 0 Å². The van der Waals surface area contributed by atoms with Crippen molar-refractivity contribution in [3.8, 4) is 0 Å². The first-order chi connectivity index (χ1) is 9.65. The van der Waals surface area contributed by atoms with Gasteiger partial charge in [0.1, 0.15) is 5.82 Å². The van der Waals surface area contributed by atoms with Crippen LogP contribution in [0.2, 0.25) is 0 Å². The summed E-state index contributed by atoms with van der Waals surface area (Å²) in [6.07, 6.45) is 3.03. The number of nitrogen functional groups attached to an aromatic ring is 1. The van der Waals surface area contributed by atoms with Crippen LogP contribution in [0.4, 0.5) is 5.82 Å². The lowest BCUT2D eigenvalue weighted by Gasteiger charge is -2.28. The second-order valence-corrected chi connectivity index (χ2v) is 5.82. The van der Waals surface area contributed by atoms with E-state index in [0.29, 0.717) is 6.04 Å². The van der Waals surface area contributed by atoms with Gasteiger partial charge in [-0.2, -0.15) is 5.10 Å². The average molecular weight is 270 g/mol. The lowest BCUT2D eigenvalue weighted by Crippen LogP contribution is -2.30. The van der Waals surface area contributed by atoms with Gasteiger partial charge >= 0.3 is 0 Å². The van der Waals surface area contributed by atoms with Crippen molar-refractivity contribution in [2.75, 3.05) is 12.3 Å².